The molecule has 1 amide bonds. The smallest absolute Gasteiger partial charge is 0.225 e. The van der Waals surface area contributed by atoms with Crippen molar-refractivity contribution in [2.45, 2.75) is 12.8 Å². The lowest BCUT2D eigenvalue weighted by atomic mass is 10.3. The molecule has 0 aromatic carbocycles. The lowest BCUT2D eigenvalue weighted by molar-refractivity contribution is -0.116. The molecule has 3 N–H and O–H groups in total. The zero-order valence-electron chi connectivity index (χ0n) is 14.1. The first-order valence-electron chi connectivity index (χ1n) is 8.49. The molecule has 1 aliphatic rings. The first kappa shape index (κ1) is 17.1. The normalized spacial score (nSPS) is 14.4. The van der Waals surface area contributed by atoms with Crippen LogP contribution in [0.1, 0.15) is 12.8 Å². The van der Waals surface area contributed by atoms with Crippen LogP contribution in [0.4, 0.5) is 17.5 Å². The van der Waals surface area contributed by atoms with Gasteiger partial charge in [-0.1, -0.05) is 0 Å². The van der Waals surface area contributed by atoms with Gasteiger partial charge in [0, 0.05) is 45.0 Å². The van der Waals surface area contributed by atoms with Crippen molar-refractivity contribution in [3.8, 4) is 0 Å². The Morgan fingerprint density at radius 3 is 2.44 bits per heavy atom. The van der Waals surface area contributed by atoms with Crippen LogP contribution in [0.3, 0.4) is 0 Å². The van der Waals surface area contributed by atoms with Gasteiger partial charge in [-0.05, 0) is 31.2 Å². The molecule has 0 unspecified atom stereocenters. The molecule has 25 heavy (non-hydrogen) atoms. The fourth-order valence-corrected chi connectivity index (χ4v) is 2.72. The van der Waals surface area contributed by atoms with Gasteiger partial charge in [0.05, 0.1) is 11.9 Å². The minimum Gasteiger partial charge on any atom is -0.353 e. The Kier molecular flexibility index (Phi) is 5.73. The highest BCUT2D eigenvalue weighted by atomic mass is 16.1. The predicted octanol–water partition coefficient (Wildman–Crippen LogP) is 0.876. The molecule has 0 saturated carbocycles. The van der Waals surface area contributed by atoms with E-state index in [1.807, 2.05) is 18.2 Å². The Balaban J connectivity index is 1.52. The topological polar surface area (TPSA) is 100 Å². The van der Waals surface area contributed by atoms with Crippen molar-refractivity contribution in [3.63, 3.8) is 0 Å². The number of rotatable bonds is 6. The SMILES string of the molecule is NCCCC(=O)Nc1ccc(N2CCN(c3ncccn3)CC2)nc1. The van der Waals surface area contributed by atoms with Crippen LogP contribution >= 0.6 is 0 Å². The summed E-state index contributed by atoms with van der Waals surface area (Å²) in [6.07, 6.45) is 6.34. The fourth-order valence-electron chi connectivity index (χ4n) is 2.72. The average molecular weight is 341 g/mol. The number of anilines is 3. The molecule has 132 valence electrons. The van der Waals surface area contributed by atoms with Crippen molar-refractivity contribution in [2.75, 3.05) is 47.8 Å². The van der Waals surface area contributed by atoms with E-state index < -0.39 is 0 Å². The number of piperazine rings is 1. The summed E-state index contributed by atoms with van der Waals surface area (Å²) in [6.45, 7) is 3.93. The number of pyridine rings is 1. The molecule has 0 radical (unpaired) electrons. The van der Waals surface area contributed by atoms with E-state index >= 15 is 0 Å². The lowest BCUT2D eigenvalue weighted by Crippen LogP contribution is -2.47. The van der Waals surface area contributed by atoms with Gasteiger partial charge in [-0.15, -0.1) is 0 Å². The number of aromatic nitrogens is 3. The number of amides is 1. The summed E-state index contributed by atoms with van der Waals surface area (Å²) in [5, 5.41) is 2.84. The zero-order valence-corrected chi connectivity index (χ0v) is 14.1. The third kappa shape index (κ3) is 4.63. The van der Waals surface area contributed by atoms with E-state index in [2.05, 4.69) is 30.1 Å². The van der Waals surface area contributed by atoms with Crippen molar-refractivity contribution < 1.29 is 4.79 Å². The fraction of sp³-hybridized carbons (Fsp3) is 0.412. The van der Waals surface area contributed by atoms with Crippen LogP contribution in [0.15, 0.2) is 36.8 Å². The third-order valence-corrected chi connectivity index (χ3v) is 4.08. The van der Waals surface area contributed by atoms with Gasteiger partial charge >= 0.3 is 0 Å². The molecule has 1 aliphatic heterocycles. The Labute approximate surface area is 147 Å². The Hall–Kier alpha value is -2.74. The van der Waals surface area contributed by atoms with Gasteiger partial charge in [-0.25, -0.2) is 15.0 Å². The van der Waals surface area contributed by atoms with Crippen molar-refractivity contribution >= 4 is 23.4 Å². The predicted molar refractivity (Wildman–Crippen MR) is 97.6 cm³/mol. The number of nitrogens with two attached hydrogens (primary N) is 1. The van der Waals surface area contributed by atoms with Crippen molar-refractivity contribution in [1.29, 1.82) is 0 Å². The maximum absolute atomic E-state index is 11.7. The van der Waals surface area contributed by atoms with Crippen molar-refractivity contribution in [1.82, 2.24) is 15.0 Å². The molecular weight excluding hydrogens is 318 g/mol. The zero-order chi connectivity index (χ0) is 17.5. The molecule has 2 aromatic heterocycles. The van der Waals surface area contributed by atoms with Gasteiger partial charge in [0.2, 0.25) is 11.9 Å². The van der Waals surface area contributed by atoms with Crippen LogP contribution in [0.25, 0.3) is 0 Å². The second kappa shape index (κ2) is 8.39. The number of hydrogen-bond donors (Lipinski definition) is 2. The van der Waals surface area contributed by atoms with E-state index in [-0.39, 0.29) is 5.91 Å². The second-order valence-corrected chi connectivity index (χ2v) is 5.87. The summed E-state index contributed by atoms with van der Waals surface area (Å²) >= 11 is 0. The number of nitrogens with one attached hydrogen (secondary N) is 1. The summed E-state index contributed by atoms with van der Waals surface area (Å²) in [5.74, 6) is 1.65. The van der Waals surface area contributed by atoms with Gasteiger partial charge in [0.1, 0.15) is 5.82 Å². The summed E-state index contributed by atoms with van der Waals surface area (Å²) < 4.78 is 0. The third-order valence-electron chi connectivity index (χ3n) is 4.08. The maximum atomic E-state index is 11.7. The molecule has 0 atom stereocenters. The van der Waals surface area contributed by atoms with Gasteiger partial charge in [-0.2, -0.15) is 0 Å². The van der Waals surface area contributed by atoms with Gasteiger partial charge in [0.25, 0.3) is 0 Å². The molecule has 0 spiro atoms. The van der Waals surface area contributed by atoms with Gasteiger partial charge in [0.15, 0.2) is 0 Å². The molecule has 1 saturated heterocycles. The van der Waals surface area contributed by atoms with Crippen LogP contribution in [0.2, 0.25) is 0 Å². The number of hydrogen-bond acceptors (Lipinski definition) is 7. The Morgan fingerprint density at radius 1 is 1.08 bits per heavy atom. The van der Waals surface area contributed by atoms with Crippen molar-refractivity contribution in [2.24, 2.45) is 5.73 Å². The Bertz CT molecular complexity index is 669. The average Bonchev–Trinajstić information content (AvgIpc) is 2.68. The number of nitrogens with zero attached hydrogens (tertiary/aromatic N) is 5. The highest BCUT2D eigenvalue weighted by molar-refractivity contribution is 5.90. The number of carbonyl (C=O) groups excluding carboxylic acids is 1. The molecule has 3 heterocycles. The van der Waals surface area contributed by atoms with E-state index in [4.69, 9.17) is 5.73 Å². The van der Waals surface area contributed by atoms with Crippen LogP contribution < -0.4 is 20.9 Å². The molecular formula is C17H23N7O. The molecule has 3 rings (SSSR count). The largest absolute Gasteiger partial charge is 0.353 e. The first-order valence-corrected chi connectivity index (χ1v) is 8.49. The minimum atomic E-state index is -0.0310. The number of carbonyl (C=O) groups is 1. The summed E-state index contributed by atoms with van der Waals surface area (Å²) in [6, 6.07) is 5.64. The standard InChI is InChI=1S/C17H23N7O/c18-6-1-3-16(25)22-14-4-5-15(21-13-14)23-9-11-24(12-10-23)17-19-7-2-8-20-17/h2,4-5,7-8,13H,1,3,6,9-12,18H2,(H,22,25). The maximum Gasteiger partial charge on any atom is 0.225 e. The monoisotopic (exact) mass is 341 g/mol. The summed E-state index contributed by atoms with van der Waals surface area (Å²) in [7, 11) is 0. The summed E-state index contributed by atoms with van der Waals surface area (Å²) in [4.78, 5) is 29.2. The van der Waals surface area contributed by atoms with E-state index in [0.29, 0.717) is 25.1 Å². The van der Waals surface area contributed by atoms with E-state index in [1.54, 1.807) is 18.6 Å². The highest BCUT2D eigenvalue weighted by Gasteiger charge is 2.19. The molecule has 0 aliphatic carbocycles. The van der Waals surface area contributed by atoms with Crippen LogP contribution in [-0.4, -0.2) is 53.6 Å². The highest BCUT2D eigenvalue weighted by Crippen LogP contribution is 2.18. The van der Waals surface area contributed by atoms with E-state index in [0.717, 1.165) is 37.9 Å². The lowest BCUT2D eigenvalue weighted by Gasteiger charge is -2.35. The van der Waals surface area contributed by atoms with Crippen LogP contribution in [-0.2, 0) is 4.79 Å². The van der Waals surface area contributed by atoms with Gasteiger partial charge in [-0.3, -0.25) is 4.79 Å². The Morgan fingerprint density at radius 2 is 1.80 bits per heavy atom. The molecule has 8 heteroatoms. The van der Waals surface area contributed by atoms with Gasteiger partial charge < -0.3 is 20.9 Å². The molecule has 1 fully saturated rings. The molecule has 0 bridgehead atoms. The first-order chi connectivity index (χ1) is 12.3. The minimum absolute atomic E-state index is 0.0310. The van der Waals surface area contributed by atoms with E-state index in [9.17, 15) is 4.79 Å². The van der Waals surface area contributed by atoms with E-state index in [1.165, 1.54) is 0 Å². The summed E-state index contributed by atoms with van der Waals surface area (Å²) in [5.41, 5.74) is 6.12. The molecule has 2 aromatic rings. The van der Waals surface area contributed by atoms with Crippen LogP contribution in [0.5, 0.6) is 0 Å². The molecule has 8 nitrogen and oxygen atoms in total. The van der Waals surface area contributed by atoms with Crippen LogP contribution in [0, 0.1) is 0 Å². The van der Waals surface area contributed by atoms with Crippen molar-refractivity contribution in [3.05, 3.63) is 36.8 Å². The second-order valence-electron chi connectivity index (χ2n) is 5.87. The quantitative estimate of drug-likeness (QED) is 0.804.